The van der Waals surface area contributed by atoms with Crippen molar-refractivity contribution in [1.29, 1.82) is 0 Å². The Kier molecular flexibility index (Phi) is 4.61. The average Bonchev–Trinajstić information content (AvgIpc) is 2.56. The molecule has 3 aromatic rings. The lowest BCUT2D eigenvalue weighted by Gasteiger charge is -2.10. The summed E-state index contributed by atoms with van der Waals surface area (Å²) in [6.45, 7) is 0. The molecule has 122 valence electrons. The van der Waals surface area contributed by atoms with E-state index < -0.39 is 11.7 Å². The van der Waals surface area contributed by atoms with E-state index in [-0.39, 0.29) is 27.4 Å². The number of para-hydroxylation sites is 2. The summed E-state index contributed by atoms with van der Waals surface area (Å²) < 4.78 is 30.6. The van der Waals surface area contributed by atoms with Gasteiger partial charge in [-0.15, -0.1) is 0 Å². The second-order valence-electron chi connectivity index (χ2n) is 4.80. The Balaban J connectivity index is 1.92. The van der Waals surface area contributed by atoms with Gasteiger partial charge in [0.2, 0.25) is 0 Å². The monoisotopic (exact) mass is 347 g/mol. The van der Waals surface area contributed by atoms with Crippen LogP contribution in [0.1, 0.15) is 10.6 Å². The third-order valence-corrected chi connectivity index (χ3v) is 4.00. The van der Waals surface area contributed by atoms with Crippen molar-refractivity contribution >= 4 is 34.3 Å². The molecule has 0 radical (unpaired) electrons. The van der Waals surface area contributed by atoms with Crippen LogP contribution in [0.2, 0.25) is 0 Å². The van der Waals surface area contributed by atoms with Gasteiger partial charge in [-0.2, -0.15) is 8.78 Å². The van der Waals surface area contributed by atoms with Crippen molar-refractivity contribution in [2.45, 2.75) is 10.7 Å². The van der Waals surface area contributed by atoms with Crippen molar-refractivity contribution in [2.24, 2.45) is 0 Å². The second-order valence-corrected chi connectivity index (χ2v) is 5.83. The lowest BCUT2D eigenvalue weighted by Crippen LogP contribution is -2.15. The van der Waals surface area contributed by atoms with Crippen LogP contribution < -0.4 is 10.7 Å². The summed E-state index contributed by atoms with van der Waals surface area (Å²) in [4.78, 5) is 24.6. The highest BCUT2D eigenvalue weighted by Crippen LogP contribution is 2.31. The number of thioether (sulfide) groups is 1. The van der Waals surface area contributed by atoms with Crippen LogP contribution in [0, 0.1) is 0 Å². The van der Waals surface area contributed by atoms with Gasteiger partial charge >= 0.3 is 0 Å². The highest BCUT2D eigenvalue weighted by Gasteiger charge is 2.15. The summed E-state index contributed by atoms with van der Waals surface area (Å²) in [6, 6.07) is 13.8. The van der Waals surface area contributed by atoms with Gasteiger partial charge in [0.25, 0.3) is 11.7 Å². The van der Waals surface area contributed by atoms with Crippen LogP contribution >= 0.6 is 11.8 Å². The highest BCUT2D eigenvalue weighted by molar-refractivity contribution is 7.99. The number of alkyl halides is 2. The maximum absolute atomic E-state index is 12.6. The molecule has 3 rings (SSSR count). The molecule has 0 fully saturated rings. The van der Waals surface area contributed by atoms with E-state index in [4.69, 9.17) is 4.42 Å². The predicted molar refractivity (Wildman–Crippen MR) is 88.7 cm³/mol. The number of anilines is 1. The van der Waals surface area contributed by atoms with Crippen LogP contribution in [0.3, 0.4) is 0 Å². The van der Waals surface area contributed by atoms with Crippen molar-refractivity contribution in [2.75, 3.05) is 5.32 Å². The van der Waals surface area contributed by atoms with E-state index in [2.05, 4.69) is 5.32 Å². The summed E-state index contributed by atoms with van der Waals surface area (Å²) >= 11 is 0.328. The van der Waals surface area contributed by atoms with Crippen molar-refractivity contribution in [3.63, 3.8) is 0 Å². The predicted octanol–water partition coefficient (Wildman–Crippen LogP) is 4.36. The van der Waals surface area contributed by atoms with Crippen molar-refractivity contribution in [1.82, 2.24) is 0 Å². The van der Waals surface area contributed by atoms with E-state index in [1.165, 1.54) is 12.1 Å². The number of amides is 1. The summed E-state index contributed by atoms with van der Waals surface area (Å²) in [5.74, 6) is -3.47. The Bertz CT molecular complexity index is 956. The normalized spacial score (nSPS) is 11.0. The van der Waals surface area contributed by atoms with E-state index in [1.807, 2.05) is 0 Å². The molecule has 2 aromatic carbocycles. The highest BCUT2D eigenvalue weighted by atomic mass is 32.2. The molecular formula is C17H11F2NO3S. The number of carbonyl (C=O) groups excluding carboxylic acids is 1. The first-order valence-corrected chi connectivity index (χ1v) is 7.80. The van der Waals surface area contributed by atoms with Gasteiger partial charge in [-0.05, 0) is 24.3 Å². The molecule has 0 saturated carbocycles. The van der Waals surface area contributed by atoms with E-state index in [9.17, 15) is 18.4 Å². The summed E-state index contributed by atoms with van der Waals surface area (Å²) in [5, 5.41) is 2.86. The Morgan fingerprint density at radius 2 is 1.79 bits per heavy atom. The van der Waals surface area contributed by atoms with E-state index in [0.717, 1.165) is 6.07 Å². The molecule has 1 N–H and O–H groups in total. The molecule has 0 aliphatic heterocycles. The maximum Gasteiger partial charge on any atom is 0.291 e. The summed E-state index contributed by atoms with van der Waals surface area (Å²) in [5.41, 5.74) is 0.159. The van der Waals surface area contributed by atoms with Crippen LogP contribution in [0.25, 0.3) is 11.0 Å². The SMILES string of the molecule is O=C(Nc1ccccc1SC(F)F)c1cc(=O)c2ccccc2o1. The Labute approximate surface area is 139 Å². The first kappa shape index (κ1) is 16.2. The maximum atomic E-state index is 12.6. The number of nitrogens with one attached hydrogen (secondary N) is 1. The summed E-state index contributed by atoms with van der Waals surface area (Å²) in [6.07, 6.45) is 0. The number of hydrogen-bond donors (Lipinski definition) is 1. The average molecular weight is 347 g/mol. The fourth-order valence-electron chi connectivity index (χ4n) is 2.17. The first-order valence-electron chi connectivity index (χ1n) is 6.92. The quantitative estimate of drug-likeness (QED) is 0.713. The first-order chi connectivity index (χ1) is 11.5. The Morgan fingerprint density at radius 1 is 1.08 bits per heavy atom. The van der Waals surface area contributed by atoms with Gasteiger partial charge in [-0.3, -0.25) is 9.59 Å². The number of rotatable bonds is 4. The number of hydrogen-bond acceptors (Lipinski definition) is 4. The topological polar surface area (TPSA) is 59.3 Å². The number of fused-ring (bicyclic) bond motifs is 1. The molecule has 0 bridgehead atoms. The van der Waals surface area contributed by atoms with Gasteiger partial charge in [-0.25, -0.2) is 0 Å². The largest absolute Gasteiger partial charge is 0.451 e. The molecule has 24 heavy (non-hydrogen) atoms. The Morgan fingerprint density at radius 3 is 2.58 bits per heavy atom. The molecule has 0 unspecified atom stereocenters. The third-order valence-electron chi connectivity index (χ3n) is 3.21. The fraction of sp³-hybridized carbons (Fsp3) is 0.0588. The van der Waals surface area contributed by atoms with E-state index >= 15 is 0 Å². The van der Waals surface area contributed by atoms with Gasteiger partial charge < -0.3 is 9.73 Å². The van der Waals surface area contributed by atoms with Crippen LogP contribution in [-0.2, 0) is 0 Å². The molecule has 1 aromatic heterocycles. The lowest BCUT2D eigenvalue weighted by atomic mass is 10.2. The zero-order valence-corrected chi connectivity index (χ0v) is 13.0. The molecular weight excluding hydrogens is 336 g/mol. The molecule has 0 aliphatic rings. The second kappa shape index (κ2) is 6.84. The van der Waals surface area contributed by atoms with Crippen LogP contribution in [-0.4, -0.2) is 11.7 Å². The number of benzene rings is 2. The van der Waals surface area contributed by atoms with Crippen molar-refractivity contribution < 1.29 is 18.0 Å². The molecule has 4 nitrogen and oxygen atoms in total. The minimum absolute atomic E-state index is 0.185. The molecule has 0 atom stereocenters. The molecule has 0 saturated heterocycles. The van der Waals surface area contributed by atoms with Crippen molar-refractivity contribution in [3.05, 3.63) is 70.6 Å². The summed E-state index contributed by atoms with van der Waals surface area (Å²) in [7, 11) is 0. The standard InChI is InChI=1S/C17H11F2NO3S/c18-17(19)24-15-8-4-2-6-11(15)20-16(22)14-9-12(21)10-5-1-3-7-13(10)23-14/h1-9,17H,(H,20,22). The van der Waals surface area contributed by atoms with Gasteiger partial charge in [-0.1, -0.05) is 36.0 Å². The fourth-order valence-corrected chi connectivity index (χ4v) is 2.76. The zero-order valence-electron chi connectivity index (χ0n) is 12.2. The van der Waals surface area contributed by atoms with E-state index in [0.29, 0.717) is 17.1 Å². The smallest absolute Gasteiger partial charge is 0.291 e. The zero-order chi connectivity index (χ0) is 17.1. The van der Waals surface area contributed by atoms with Crippen LogP contribution in [0.4, 0.5) is 14.5 Å². The van der Waals surface area contributed by atoms with Crippen LogP contribution in [0.5, 0.6) is 0 Å². The number of carbonyl (C=O) groups is 1. The lowest BCUT2D eigenvalue weighted by molar-refractivity contribution is 0.0997. The molecule has 7 heteroatoms. The van der Waals surface area contributed by atoms with E-state index in [1.54, 1.807) is 36.4 Å². The third kappa shape index (κ3) is 3.46. The Hall–Kier alpha value is -2.67. The van der Waals surface area contributed by atoms with Gasteiger partial charge in [0.15, 0.2) is 11.2 Å². The number of halogens is 2. The van der Waals surface area contributed by atoms with Gasteiger partial charge in [0.05, 0.1) is 11.1 Å². The molecule has 1 amide bonds. The van der Waals surface area contributed by atoms with Gasteiger partial charge in [0.1, 0.15) is 5.58 Å². The molecule has 1 heterocycles. The molecule has 0 spiro atoms. The van der Waals surface area contributed by atoms with Crippen molar-refractivity contribution in [3.8, 4) is 0 Å². The van der Waals surface area contributed by atoms with Crippen LogP contribution in [0.15, 0.2) is 68.7 Å². The van der Waals surface area contributed by atoms with Gasteiger partial charge in [0, 0.05) is 11.0 Å². The molecule has 0 aliphatic carbocycles. The minimum Gasteiger partial charge on any atom is -0.451 e. The minimum atomic E-state index is -2.61.